The first-order chi connectivity index (χ1) is 13.3. The van der Waals surface area contributed by atoms with Crippen molar-refractivity contribution in [3.05, 3.63) is 58.1 Å². The maximum absolute atomic E-state index is 12.4. The van der Waals surface area contributed by atoms with Gasteiger partial charge in [0.25, 0.3) is 0 Å². The van der Waals surface area contributed by atoms with Gasteiger partial charge in [0, 0.05) is 16.6 Å². The van der Waals surface area contributed by atoms with E-state index < -0.39 is 6.04 Å². The minimum Gasteiger partial charge on any atom is -0.495 e. The number of methoxy groups -OCH3 is 1. The Morgan fingerprint density at radius 3 is 2.57 bits per heavy atom. The largest absolute Gasteiger partial charge is 0.495 e. The number of benzene rings is 2. The molecule has 0 aliphatic heterocycles. The second-order valence-corrected chi connectivity index (χ2v) is 7.14. The van der Waals surface area contributed by atoms with Crippen LogP contribution in [-0.2, 0) is 16.1 Å². The number of halogens is 2. The minimum absolute atomic E-state index is 0.0242. The number of nitrogens with one attached hydrogen (secondary N) is 2. The molecule has 0 bridgehead atoms. The van der Waals surface area contributed by atoms with E-state index >= 15 is 0 Å². The highest BCUT2D eigenvalue weighted by atomic mass is 35.5. The molecule has 0 aliphatic carbocycles. The highest BCUT2D eigenvalue weighted by Crippen LogP contribution is 2.27. The fourth-order valence-electron chi connectivity index (χ4n) is 2.50. The van der Waals surface area contributed by atoms with Crippen LogP contribution in [0.5, 0.6) is 5.75 Å². The van der Waals surface area contributed by atoms with E-state index in [-0.39, 0.29) is 18.4 Å². The number of likely N-dealkylation sites (N-methyl/N-ethyl adjacent to an activating group) is 1. The summed E-state index contributed by atoms with van der Waals surface area (Å²) >= 11 is 12.1. The van der Waals surface area contributed by atoms with Gasteiger partial charge in [0.2, 0.25) is 11.8 Å². The van der Waals surface area contributed by atoms with Crippen LogP contribution in [0.2, 0.25) is 10.0 Å². The third kappa shape index (κ3) is 6.12. The molecule has 1 atom stereocenters. The molecule has 2 amide bonds. The third-order valence-electron chi connectivity index (χ3n) is 4.28. The predicted molar refractivity (Wildman–Crippen MR) is 112 cm³/mol. The highest BCUT2D eigenvalue weighted by molar-refractivity contribution is 6.31. The second-order valence-electron chi connectivity index (χ2n) is 6.29. The lowest BCUT2D eigenvalue weighted by atomic mass is 10.2. The summed E-state index contributed by atoms with van der Waals surface area (Å²) in [6.07, 6.45) is 0. The molecule has 0 radical (unpaired) electrons. The van der Waals surface area contributed by atoms with E-state index in [1.165, 1.54) is 7.11 Å². The number of rotatable bonds is 8. The summed E-state index contributed by atoms with van der Waals surface area (Å²) in [5, 5.41) is 6.67. The Morgan fingerprint density at radius 2 is 1.89 bits per heavy atom. The lowest BCUT2D eigenvalue weighted by Gasteiger charge is -2.23. The summed E-state index contributed by atoms with van der Waals surface area (Å²) in [6.45, 7) is 2.08. The normalized spacial score (nSPS) is 11.8. The molecule has 0 fully saturated rings. The molecule has 2 aromatic carbocycles. The molecule has 0 heterocycles. The lowest BCUT2D eigenvalue weighted by Crippen LogP contribution is -2.45. The summed E-state index contributed by atoms with van der Waals surface area (Å²) in [5.41, 5.74) is 1.31. The zero-order chi connectivity index (χ0) is 20.7. The Hall–Kier alpha value is -2.28. The molecule has 0 saturated carbocycles. The Labute approximate surface area is 174 Å². The average molecular weight is 424 g/mol. The van der Waals surface area contributed by atoms with Crippen molar-refractivity contribution in [2.24, 2.45) is 0 Å². The monoisotopic (exact) mass is 423 g/mol. The first-order valence-electron chi connectivity index (χ1n) is 8.66. The topological polar surface area (TPSA) is 70.7 Å². The Morgan fingerprint density at radius 1 is 1.18 bits per heavy atom. The first kappa shape index (κ1) is 22.0. The first-order valence-corrected chi connectivity index (χ1v) is 9.42. The van der Waals surface area contributed by atoms with Gasteiger partial charge in [-0.25, -0.2) is 0 Å². The van der Waals surface area contributed by atoms with E-state index in [0.717, 1.165) is 5.56 Å². The van der Waals surface area contributed by atoms with E-state index in [9.17, 15) is 9.59 Å². The molecule has 2 aromatic rings. The van der Waals surface area contributed by atoms with Gasteiger partial charge in [0.05, 0.1) is 25.4 Å². The van der Waals surface area contributed by atoms with E-state index in [4.69, 9.17) is 27.9 Å². The van der Waals surface area contributed by atoms with E-state index in [1.54, 1.807) is 43.1 Å². The molecular weight excluding hydrogens is 401 g/mol. The van der Waals surface area contributed by atoms with Crippen molar-refractivity contribution in [2.75, 3.05) is 26.0 Å². The molecule has 1 unspecified atom stereocenters. The smallest absolute Gasteiger partial charge is 0.238 e. The average Bonchev–Trinajstić information content (AvgIpc) is 2.66. The van der Waals surface area contributed by atoms with Crippen LogP contribution in [0.25, 0.3) is 0 Å². The standard InChI is InChI=1S/C20H23Cl2N3O3/c1-13(20(27)23-11-14-6-4-5-7-16(14)22)25(2)12-19(26)24-17-10-15(21)8-9-18(17)28-3/h4-10,13H,11-12H2,1-3H3,(H,23,27)(H,24,26). The van der Waals surface area contributed by atoms with Crippen molar-refractivity contribution < 1.29 is 14.3 Å². The van der Waals surface area contributed by atoms with Crippen LogP contribution < -0.4 is 15.4 Å². The van der Waals surface area contributed by atoms with E-state index in [2.05, 4.69) is 10.6 Å². The number of ether oxygens (including phenoxy) is 1. The summed E-state index contributed by atoms with van der Waals surface area (Å²) in [6, 6.07) is 11.8. The van der Waals surface area contributed by atoms with Crippen LogP contribution in [0.4, 0.5) is 5.69 Å². The molecule has 0 saturated heterocycles. The van der Waals surface area contributed by atoms with Crippen molar-refractivity contribution in [3.8, 4) is 5.75 Å². The molecule has 0 spiro atoms. The van der Waals surface area contributed by atoms with Crippen molar-refractivity contribution >= 4 is 40.7 Å². The van der Waals surface area contributed by atoms with Crippen LogP contribution in [-0.4, -0.2) is 43.5 Å². The zero-order valence-corrected chi connectivity index (χ0v) is 17.5. The van der Waals surface area contributed by atoms with Gasteiger partial charge in [-0.15, -0.1) is 0 Å². The summed E-state index contributed by atoms with van der Waals surface area (Å²) < 4.78 is 5.21. The number of carbonyl (C=O) groups is 2. The van der Waals surface area contributed by atoms with Crippen molar-refractivity contribution in [1.29, 1.82) is 0 Å². The van der Waals surface area contributed by atoms with E-state index in [0.29, 0.717) is 28.0 Å². The molecule has 0 aromatic heterocycles. The van der Waals surface area contributed by atoms with Gasteiger partial charge in [-0.3, -0.25) is 14.5 Å². The summed E-state index contributed by atoms with van der Waals surface area (Å²) in [5.74, 6) is 0.0234. The third-order valence-corrected chi connectivity index (χ3v) is 4.88. The van der Waals surface area contributed by atoms with Gasteiger partial charge < -0.3 is 15.4 Å². The van der Waals surface area contributed by atoms with Gasteiger partial charge in [0.15, 0.2) is 0 Å². The van der Waals surface area contributed by atoms with Crippen LogP contribution in [0.15, 0.2) is 42.5 Å². The maximum atomic E-state index is 12.4. The number of hydrogen-bond acceptors (Lipinski definition) is 4. The molecule has 6 nitrogen and oxygen atoms in total. The van der Waals surface area contributed by atoms with Crippen molar-refractivity contribution in [3.63, 3.8) is 0 Å². The lowest BCUT2D eigenvalue weighted by molar-refractivity contribution is -0.126. The van der Waals surface area contributed by atoms with Gasteiger partial charge in [-0.1, -0.05) is 41.4 Å². The Kier molecular flexibility index (Phi) is 8.11. The van der Waals surface area contributed by atoms with Crippen LogP contribution in [0, 0.1) is 0 Å². The molecule has 0 aliphatic rings. The molecular formula is C20H23Cl2N3O3. The highest BCUT2D eigenvalue weighted by Gasteiger charge is 2.20. The molecule has 2 N–H and O–H groups in total. The van der Waals surface area contributed by atoms with Gasteiger partial charge in [-0.05, 0) is 43.8 Å². The quantitative estimate of drug-likeness (QED) is 0.680. The van der Waals surface area contributed by atoms with Crippen LogP contribution >= 0.6 is 23.2 Å². The van der Waals surface area contributed by atoms with Crippen molar-refractivity contribution in [2.45, 2.75) is 19.5 Å². The second kappa shape index (κ2) is 10.3. The van der Waals surface area contributed by atoms with Gasteiger partial charge in [0.1, 0.15) is 5.75 Å². The number of nitrogens with zero attached hydrogens (tertiary/aromatic N) is 1. The summed E-state index contributed by atoms with van der Waals surface area (Å²) in [7, 11) is 3.21. The molecule has 150 valence electrons. The summed E-state index contributed by atoms with van der Waals surface area (Å²) in [4.78, 5) is 26.4. The maximum Gasteiger partial charge on any atom is 0.238 e. The van der Waals surface area contributed by atoms with Gasteiger partial charge in [-0.2, -0.15) is 0 Å². The fraction of sp³-hybridized carbons (Fsp3) is 0.300. The van der Waals surface area contributed by atoms with Gasteiger partial charge >= 0.3 is 0 Å². The SMILES string of the molecule is COc1ccc(Cl)cc1NC(=O)CN(C)C(C)C(=O)NCc1ccccc1Cl. The zero-order valence-electron chi connectivity index (χ0n) is 16.0. The number of carbonyl (C=O) groups excluding carboxylic acids is 2. The Bertz CT molecular complexity index is 845. The van der Waals surface area contributed by atoms with Crippen molar-refractivity contribution in [1.82, 2.24) is 10.2 Å². The predicted octanol–water partition coefficient (Wildman–Crippen LogP) is 3.58. The fourth-order valence-corrected chi connectivity index (χ4v) is 2.88. The van der Waals surface area contributed by atoms with Crippen LogP contribution in [0.3, 0.4) is 0 Å². The molecule has 8 heteroatoms. The number of anilines is 1. The van der Waals surface area contributed by atoms with E-state index in [1.807, 2.05) is 18.2 Å². The van der Waals surface area contributed by atoms with Crippen LogP contribution in [0.1, 0.15) is 12.5 Å². The minimum atomic E-state index is -0.505. The molecule has 2 rings (SSSR count). The number of amides is 2. The molecule has 28 heavy (non-hydrogen) atoms. The Balaban J connectivity index is 1.89. The number of hydrogen-bond donors (Lipinski definition) is 2.